The summed E-state index contributed by atoms with van der Waals surface area (Å²) in [5, 5.41) is 6.79. The first-order valence-electron chi connectivity index (χ1n) is 9.59. The van der Waals surface area contributed by atoms with Crippen LogP contribution in [-0.4, -0.2) is 15.0 Å². The van der Waals surface area contributed by atoms with Gasteiger partial charge >= 0.3 is 0 Å². The Morgan fingerprint density at radius 1 is 0.828 bits per heavy atom. The van der Waals surface area contributed by atoms with E-state index in [-0.39, 0.29) is 0 Å². The molecule has 0 aliphatic rings. The van der Waals surface area contributed by atoms with Crippen molar-refractivity contribution in [3.05, 3.63) is 95.8 Å². The highest BCUT2D eigenvalue weighted by molar-refractivity contribution is 5.68. The summed E-state index contributed by atoms with van der Waals surface area (Å²) < 4.78 is 0. The van der Waals surface area contributed by atoms with Crippen LogP contribution in [0.25, 0.3) is 11.3 Å². The van der Waals surface area contributed by atoms with Crippen LogP contribution in [0.1, 0.15) is 16.7 Å². The Morgan fingerprint density at radius 3 is 2.41 bits per heavy atom. The molecule has 2 aromatic heterocycles. The lowest BCUT2D eigenvalue weighted by Crippen LogP contribution is -2.06. The van der Waals surface area contributed by atoms with Gasteiger partial charge in [-0.05, 0) is 48.7 Å². The molecule has 0 aliphatic heterocycles. The van der Waals surface area contributed by atoms with Crippen LogP contribution in [0, 0.1) is 13.8 Å². The monoisotopic (exact) mass is 381 g/mol. The minimum absolute atomic E-state index is 0.580. The van der Waals surface area contributed by atoms with Crippen molar-refractivity contribution < 1.29 is 0 Å². The zero-order valence-corrected chi connectivity index (χ0v) is 16.6. The van der Waals surface area contributed by atoms with Crippen LogP contribution in [0.3, 0.4) is 0 Å². The van der Waals surface area contributed by atoms with Crippen molar-refractivity contribution in [2.24, 2.45) is 0 Å². The van der Waals surface area contributed by atoms with Crippen molar-refractivity contribution in [1.29, 1.82) is 0 Å². The molecule has 0 radical (unpaired) electrons. The number of aryl methyl sites for hydroxylation is 2. The van der Waals surface area contributed by atoms with E-state index in [0.29, 0.717) is 12.5 Å². The van der Waals surface area contributed by atoms with Gasteiger partial charge in [0.2, 0.25) is 5.95 Å². The summed E-state index contributed by atoms with van der Waals surface area (Å²) in [6.45, 7) is 4.80. The van der Waals surface area contributed by atoms with Crippen LogP contribution < -0.4 is 10.6 Å². The average molecular weight is 381 g/mol. The molecule has 0 saturated heterocycles. The summed E-state index contributed by atoms with van der Waals surface area (Å²) in [5.41, 5.74) is 6.45. The van der Waals surface area contributed by atoms with Crippen molar-refractivity contribution >= 4 is 17.5 Å². The Labute approximate surface area is 170 Å². The summed E-state index contributed by atoms with van der Waals surface area (Å²) in [4.78, 5) is 13.5. The summed E-state index contributed by atoms with van der Waals surface area (Å²) in [6.07, 6.45) is 3.57. The number of rotatable bonds is 6. The van der Waals surface area contributed by atoms with Crippen LogP contribution in [0.4, 0.5) is 17.5 Å². The Kier molecular flexibility index (Phi) is 5.47. The van der Waals surface area contributed by atoms with Gasteiger partial charge in [0.1, 0.15) is 5.82 Å². The molecule has 0 saturated carbocycles. The first-order chi connectivity index (χ1) is 14.2. The van der Waals surface area contributed by atoms with E-state index in [1.165, 1.54) is 11.1 Å². The molecule has 0 atom stereocenters. The fourth-order valence-electron chi connectivity index (χ4n) is 3.04. The van der Waals surface area contributed by atoms with Gasteiger partial charge in [0.15, 0.2) is 0 Å². The van der Waals surface area contributed by atoms with Gasteiger partial charge in [0, 0.05) is 36.3 Å². The number of benzene rings is 2. The van der Waals surface area contributed by atoms with Crippen LogP contribution >= 0.6 is 0 Å². The molecule has 0 aliphatic carbocycles. The van der Waals surface area contributed by atoms with Gasteiger partial charge in [-0.3, -0.25) is 4.98 Å². The number of anilines is 3. The molecule has 0 fully saturated rings. The molecular weight excluding hydrogens is 358 g/mol. The molecule has 0 unspecified atom stereocenters. The Balaban J connectivity index is 1.67. The second-order valence-electron chi connectivity index (χ2n) is 6.98. The van der Waals surface area contributed by atoms with E-state index in [1.54, 1.807) is 12.4 Å². The SMILES string of the molecule is Cc1ccc(C)c(Nc2cc(-c3ccccc3)nc(NCc3ccncc3)n2)c1. The second-order valence-corrected chi connectivity index (χ2v) is 6.98. The Hall–Kier alpha value is -3.73. The van der Waals surface area contributed by atoms with Crippen LogP contribution in [0.5, 0.6) is 0 Å². The molecule has 5 heteroatoms. The number of nitrogens with one attached hydrogen (secondary N) is 2. The van der Waals surface area contributed by atoms with Gasteiger partial charge in [-0.1, -0.05) is 42.5 Å². The maximum absolute atomic E-state index is 4.72. The van der Waals surface area contributed by atoms with Gasteiger partial charge in [-0.25, -0.2) is 4.98 Å². The third kappa shape index (κ3) is 4.76. The lowest BCUT2D eigenvalue weighted by atomic mass is 10.1. The highest BCUT2D eigenvalue weighted by Gasteiger charge is 2.08. The third-order valence-electron chi connectivity index (χ3n) is 4.65. The molecule has 2 N–H and O–H groups in total. The molecule has 0 spiro atoms. The molecule has 144 valence electrons. The van der Waals surface area contributed by atoms with E-state index in [4.69, 9.17) is 9.97 Å². The zero-order valence-electron chi connectivity index (χ0n) is 16.6. The minimum atomic E-state index is 0.580. The van der Waals surface area contributed by atoms with E-state index >= 15 is 0 Å². The highest BCUT2D eigenvalue weighted by atomic mass is 15.1. The van der Waals surface area contributed by atoms with Crippen molar-refractivity contribution in [2.75, 3.05) is 10.6 Å². The van der Waals surface area contributed by atoms with E-state index in [2.05, 4.69) is 59.8 Å². The van der Waals surface area contributed by atoms with Gasteiger partial charge in [-0.2, -0.15) is 4.98 Å². The number of aromatic nitrogens is 3. The van der Waals surface area contributed by atoms with Gasteiger partial charge in [0.25, 0.3) is 0 Å². The van der Waals surface area contributed by atoms with Crippen molar-refractivity contribution in [3.63, 3.8) is 0 Å². The topological polar surface area (TPSA) is 62.7 Å². The average Bonchev–Trinajstić information content (AvgIpc) is 2.76. The highest BCUT2D eigenvalue weighted by Crippen LogP contribution is 2.25. The summed E-state index contributed by atoms with van der Waals surface area (Å²) >= 11 is 0. The van der Waals surface area contributed by atoms with Crippen molar-refractivity contribution in [3.8, 4) is 11.3 Å². The van der Waals surface area contributed by atoms with E-state index in [9.17, 15) is 0 Å². The number of hydrogen-bond acceptors (Lipinski definition) is 5. The van der Waals surface area contributed by atoms with Crippen LogP contribution in [-0.2, 0) is 6.54 Å². The number of hydrogen-bond donors (Lipinski definition) is 2. The summed E-state index contributed by atoms with van der Waals surface area (Å²) in [7, 11) is 0. The van der Waals surface area contributed by atoms with Crippen molar-refractivity contribution in [1.82, 2.24) is 15.0 Å². The molecule has 2 aromatic carbocycles. The van der Waals surface area contributed by atoms with Crippen molar-refractivity contribution in [2.45, 2.75) is 20.4 Å². The van der Waals surface area contributed by atoms with E-state index in [1.807, 2.05) is 36.4 Å². The number of pyridine rings is 1. The summed E-state index contributed by atoms with van der Waals surface area (Å²) in [5.74, 6) is 1.33. The normalized spacial score (nSPS) is 10.6. The number of nitrogens with zero attached hydrogens (tertiary/aromatic N) is 3. The third-order valence-corrected chi connectivity index (χ3v) is 4.65. The van der Waals surface area contributed by atoms with Gasteiger partial charge < -0.3 is 10.6 Å². The lowest BCUT2D eigenvalue weighted by Gasteiger charge is -2.13. The Morgan fingerprint density at radius 2 is 1.62 bits per heavy atom. The maximum Gasteiger partial charge on any atom is 0.225 e. The Bertz CT molecular complexity index is 1090. The van der Waals surface area contributed by atoms with Gasteiger partial charge in [0.05, 0.1) is 5.69 Å². The molecule has 0 bridgehead atoms. The molecule has 4 rings (SSSR count). The largest absolute Gasteiger partial charge is 0.350 e. The van der Waals surface area contributed by atoms with Crippen LogP contribution in [0.15, 0.2) is 79.1 Å². The molecule has 29 heavy (non-hydrogen) atoms. The molecule has 4 aromatic rings. The van der Waals surface area contributed by atoms with E-state index < -0.39 is 0 Å². The standard InChI is InChI=1S/C24H23N5/c1-17-8-9-18(2)21(14-17)27-23-15-22(20-6-4-3-5-7-20)28-24(29-23)26-16-19-10-12-25-13-11-19/h3-15H,16H2,1-2H3,(H2,26,27,28,29). The van der Waals surface area contributed by atoms with E-state index in [0.717, 1.165) is 28.3 Å². The van der Waals surface area contributed by atoms with Crippen LogP contribution in [0.2, 0.25) is 0 Å². The molecular formula is C24H23N5. The predicted molar refractivity (Wildman–Crippen MR) is 118 cm³/mol. The smallest absolute Gasteiger partial charge is 0.225 e. The molecule has 2 heterocycles. The maximum atomic E-state index is 4.72. The molecule has 5 nitrogen and oxygen atoms in total. The predicted octanol–water partition coefficient (Wildman–Crippen LogP) is 5.51. The quantitative estimate of drug-likeness (QED) is 0.461. The minimum Gasteiger partial charge on any atom is -0.350 e. The van der Waals surface area contributed by atoms with Gasteiger partial charge in [-0.15, -0.1) is 0 Å². The summed E-state index contributed by atoms with van der Waals surface area (Å²) in [6, 6.07) is 22.4. The zero-order chi connectivity index (χ0) is 20.1. The molecule has 0 amide bonds. The lowest BCUT2D eigenvalue weighted by molar-refractivity contribution is 1.05. The fraction of sp³-hybridized carbons (Fsp3) is 0.125. The first-order valence-corrected chi connectivity index (χ1v) is 9.59. The first kappa shape index (κ1) is 18.6. The second kappa shape index (κ2) is 8.52. The fourth-order valence-corrected chi connectivity index (χ4v) is 3.04.